The summed E-state index contributed by atoms with van der Waals surface area (Å²) in [4.78, 5) is 12.5. The average Bonchev–Trinajstić information content (AvgIpc) is 2.91. The molecular formula is C11H13N5OS2. The summed E-state index contributed by atoms with van der Waals surface area (Å²) in [7, 11) is 0. The number of nitrogen functional groups attached to an aromatic ring is 1. The van der Waals surface area contributed by atoms with Crippen LogP contribution in [0.15, 0.2) is 22.7 Å². The Bertz CT molecular complexity index is 576. The Hall–Kier alpha value is -1.54. The Kier molecular flexibility index (Phi) is 3.43. The monoisotopic (exact) mass is 295 g/mol. The molecule has 2 aromatic heterocycles. The number of aromatic nitrogens is 3. The van der Waals surface area contributed by atoms with Crippen molar-refractivity contribution in [3.8, 4) is 10.7 Å². The van der Waals surface area contributed by atoms with Crippen LogP contribution in [0, 0.1) is 0 Å². The van der Waals surface area contributed by atoms with Crippen molar-refractivity contribution in [1.29, 1.82) is 0 Å². The topological polar surface area (TPSA) is 85.8 Å². The molecule has 1 fully saturated rings. The zero-order chi connectivity index (χ0) is 13.2. The van der Waals surface area contributed by atoms with Crippen LogP contribution in [0.3, 0.4) is 0 Å². The molecule has 1 aliphatic rings. The van der Waals surface area contributed by atoms with E-state index in [4.69, 9.17) is 5.84 Å². The van der Waals surface area contributed by atoms with Gasteiger partial charge in [0.15, 0.2) is 5.82 Å². The fraction of sp³-hybridized carbons (Fsp3) is 0.364. The van der Waals surface area contributed by atoms with Crippen molar-refractivity contribution >= 4 is 29.0 Å². The molecule has 0 unspecified atom stereocenters. The summed E-state index contributed by atoms with van der Waals surface area (Å²) in [6, 6.07) is 4.25. The van der Waals surface area contributed by atoms with Crippen molar-refractivity contribution in [2.24, 2.45) is 0 Å². The first-order chi connectivity index (χ1) is 9.24. The molecule has 0 spiro atoms. The quantitative estimate of drug-likeness (QED) is 0.637. The van der Waals surface area contributed by atoms with E-state index in [9.17, 15) is 4.79 Å². The number of nitrogens with zero attached hydrogens (tertiary/aromatic N) is 3. The second-order valence-electron chi connectivity index (χ2n) is 4.28. The first-order valence-electron chi connectivity index (χ1n) is 5.90. The predicted octanol–water partition coefficient (Wildman–Crippen LogP) is 1.09. The van der Waals surface area contributed by atoms with Gasteiger partial charge in [-0.1, -0.05) is 17.8 Å². The minimum Gasteiger partial charge on any atom is -0.353 e. The van der Waals surface area contributed by atoms with Gasteiger partial charge in [0.25, 0.3) is 0 Å². The lowest BCUT2D eigenvalue weighted by atomic mass is 10.4. The van der Waals surface area contributed by atoms with Gasteiger partial charge >= 0.3 is 0 Å². The molecule has 3 N–H and O–H groups in total. The molecule has 0 atom stereocenters. The maximum Gasteiger partial charge on any atom is 0.230 e. The smallest absolute Gasteiger partial charge is 0.230 e. The third kappa shape index (κ3) is 2.90. The van der Waals surface area contributed by atoms with Gasteiger partial charge in [-0.25, -0.2) is 4.68 Å². The SMILES string of the molecule is Nn1c(SCC(=O)NC2CC2)nnc1-c1cccs1. The number of nitrogens with two attached hydrogens (primary N) is 1. The van der Waals surface area contributed by atoms with Gasteiger partial charge in [0.05, 0.1) is 10.6 Å². The standard InChI is InChI=1S/C11H13N5OS2/c12-16-10(8-2-1-5-18-8)14-15-11(16)19-6-9(17)13-7-3-4-7/h1-2,5,7H,3-4,6,12H2,(H,13,17). The Morgan fingerprint density at radius 1 is 1.58 bits per heavy atom. The van der Waals surface area contributed by atoms with Crippen molar-refractivity contribution in [2.75, 3.05) is 11.6 Å². The van der Waals surface area contributed by atoms with Gasteiger partial charge in [0.1, 0.15) is 0 Å². The number of carbonyl (C=O) groups excluding carboxylic acids is 1. The molecule has 100 valence electrons. The lowest BCUT2D eigenvalue weighted by Crippen LogP contribution is -2.27. The van der Waals surface area contributed by atoms with E-state index in [0.29, 0.717) is 22.8 Å². The molecule has 3 rings (SSSR count). The highest BCUT2D eigenvalue weighted by molar-refractivity contribution is 7.99. The molecule has 1 aliphatic carbocycles. The van der Waals surface area contributed by atoms with Crippen molar-refractivity contribution in [1.82, 2.24) is 20.2 Å². The number of thioether (sulfide) groups is 1. The van der Waals surface area contributed by atoms with Crippen LogP contribution in [0.5, 0.6) is 0 Å². The number of thiophene rings is 1. The maximum atomic E-state index is 11.6. The normalized spacial score (nSPS) is 14.5. The summed E-state index contributed by atoms with van der Waals surface area (Å²) < 4.78 is 1.43. The Morgan fingerprint density at radius 3 is 3.11 bits per heavy atom. The van der Waals surface area contributed by atoms with Gasteiger partial charge in [0, 0.05) is 6.04 Å². The molecular weight excluding hydrogens is 282 g/mol. The first-order valence-corrected chi connectivity index (χ1v) is 7.77. The van der Waals surface area contributed by atoms with E-state index in [2.05, 4.69) is 15.5 Å². The second kappa shape index (κ2) is 5.22. The maximum absolute atomic E-state index is 11.6. The molecule has 2 aromatic rings. The van der Waals surface area contributed by atoms with Gasteiger partial charge in [-0.3, -0.25) is 4.79 Å². The third-order valence-corrected chi connectivity index (χ3v) is 4.49. The molecule has 6 nitrogen and oxygen atoms in total. The molecule has 1 amide bonds. The zero-order valence-corrected chi connectivity index (χ0v) is 11.7. The molecule has 1 saturated carbocycles. The highest BCUT2D eigenvalue weighted by Crippen LogP contribution is 2.25. The van der Waals surface area contributed by atoms with Crippen LogP contribution in [-0.4, -0.2) is 32.6 Å². The number of carbonyl (C=O) groups is 1. The summed E-state index contributed by atoms with van der Waals surface area (Å²) in [5, 5.41) is 13.5. The molecule has 0 bridgehead atoms. The molecule has 2 heterocycles. The van der Waals surface area contributed by atoms with Crippen molar-refractivity contribution in [2.45, 2.75) is 24.0 Å². The van der Waals surface area contributed by atoms with Gasteiger partial charge in [0.2, 0.25) is 11.1 Å². The number of nitrogens with one attached hydrogen (secondary N) is 1. The van der Waals surface area contributed by atoms with Gasteiger partial charge in [-0.2, -0.15) is 0 Å². The van der Waals surface area contributed by atoms with E-state index in [1.54, 1.807) is 11.3 Å². The largest absolute Gasteiger partial charge is 0.353 e. The van der Waals surface area contributed by atoms with E-state index in [1.807, 2.05) is 17.5 Å². The number of rotatable bonds is 5. The van der Waals surface area contributed by atoms with Gasteiger partial charge in [-0.05, 0) is 24.3 Å². The molecule has 0 radical (unpaired) electrons. The van der Waals surface area contributed by atoms with Crippen LogP contribution in [0.25, 0.3) is 10.7 Å². The number of amides is 1. The Labute approximate surface area is 118 Å². The Balaban J connectivity index is 1.63. The minimum absolute atomic E-state index is 0.0215. The molecule has 0 aromatic carbocycles. The van der Waals surface area contributed by atoms with Crippen molar-refractivity contribution in [3.63, 3.8) is 0 Å². The van der Waals surface area contributed by atoms with E-state index in [0.717, 1.165) is 17.7 Å². The molecule has 0 saturated heterocycles. The van der Waals surface area contributed by atoms with E-state index in [-0.39, 0.29) is 5.91 Å². The van der Waals surface area contributed by atoms with Crippen LogP contribution in [0.4, 0.5) is 0 Å². The number of hydrogen-bond acceptors (Lipinski definition) is 6. The molecule has 19 heavy (non-hydrogen) atoms. The number of hydrogen-bond donors (Lipinski definition) is 2. The lowest BCUT2D eigenvalue weighted by Gasteiger charge is -2.03. The highest BCUT2D eigenvalue weighted by Gasteiger charge is 2.23. The summed E-state index contributed by atoms with van der Waals surface area (Å²) >= 11 is 2.85. The van der Waals surface area contributed by atoms with Crippen LogP contribution >= 0.6 is 23.1 Å². The summed E-state index contributed by atoms with van der Waals surface area (Å²) in [5.41, 5.74) is 0. The Morgan fingerprint density at radius 2 is 2.42 bits per heavy atom. The minimum atomic E-state index is 0.0215. The van der Waals surface area contributed by atoms with Crippen LogP contribution < -0.4 is 11.2 Å². The molecule has 8 heteroatoms. The summed E-state index contributed by atoms with van der Waals surface area (Å²) in [6.07, 6.45) is 2.18. The van der Waals surface area contributed by atoms with Crippen LogP contribution in [0.2, 0.25) is 0 Å². The zero-order valence-electron chi connectivity index (χ0n) is 10.1. The fourth-order valence-corrected chi connectivity index (χ4v) is 2.95. The first kappa shape index (κ1) is 12.5. The van der Waals surface area contributed by atoms with E-state index < -0.39 is 0 Å². The lowest BCUT2D eigenvalue weighted by molar-refractivity contribution is -0.118. The van der Waals surface area contributed by atoms with Gasteiger partial charge < -0.3 is 11.2 Å². The summed E-state index contributed by atoms with van der Waals surface area (Å²) in [6.45, 7) is 0. The molecule has 0 aliphatic heterocycles. The summed E-state index contributed by atoms with van der Waals surface area (Å²) in [5.74, 6) is 6.90. The van der Waals surface area contributed by atoms with Crippen LogP contribution in [0.1, 0.15) is 12.8 Å². The second-order valence-corrected chi connectivity index (χ2v) is 6.17. The van der Waals surface area contributed by atoms with Gasteiger partial charge in [-0.15, -0.1) is 21.5 Å². The van der Waals surface area contributed by atoms with E-state index >= 15 is 0 Å². The average molecular weight is 295 g/mol. The van der Waals surface area contributed by atoms with E-state index in [1.165, 1.54) is 16.4 Å². The van der Waals surface area contributed by atoms with Crippen molar-refractivity contribution < 1.29 is 4.79 Å². The highest BCUT2D eigenvalue weighted by atomic mass is 32.2. The van der Waals surface area contributed by atoms with Crippen LogP contribution in [-0.2, 0) is 4.79 Å². The fourth-order valence-electron chi connectivity index (χ4n) is 1.58. The van der Waals surface area contributed by atoms with Crippen molar-refractivity contribution in [3.05, 3.63) is 17.5 Å². The predicted molar refractivity (Wildman–Crippen MR) is 75.4 cm³/mol. The third-order valence-electron chi connectivity index (χ3n) is 2.68.